The molecule has 0 aromatic carbocycles. The maximum Gasteiger partial charge on any atom is 0.311 e. The van der Waals surface area contributed by atoms with Crippen molar-refractivity contribution < 1.29 is 9.90 Å². The second-order valence-corrected chi connectivity index (χ2v) is 5.28. The third kappa shape index (κ3) is 2.36. The standard InChI is InChI=1S/C11H15N3O2S/c1-11(10(15)16)3-4-14(6-11)8-5-9(17-2)13-7-12-8/h5,7H,3-4,6H2,1-2H3,(H,15,16). The van der Waals surface area contributed by atoms with Gasteiger partial charge in [0.25, 0.3) is 0 Å². The van der Waals surface area contributed by atoms with E-state index in [1.807, 2.05) is 17.2 Å². The molecule has 2 rings (SSSR count). The van der Waals surface area contributed by atoms with E-state index in [1.165, 1.54) is 6.33 Å². The van der Waals surface area contributed by atoms with E-state index in [0.29, 0.717) is 13.0 Å². The van der Waals surface area contributed by atoms with E-state index >= 15 is 0 Å². The van der Waals surface area contributed by atoms with Crippen LogP contribution in [-0.4, -0.2) is 40.4 Å². The summed E-state index contributed by atoms with van der Waals surface area (Å²) in [7, 11) is 0. The summed E-state index contributed by atoms with van der Waals surface area (Å²) in [4.78, 5) is 21.5. The third-order valence-electron chi connectivity index (χ3n) is 3.15. The molecule has 2 heterocycles. The minimum absolute atomic E-state index is 0.507. The topological polar surface area (TPSA) is 66.3 Å². The number of carboxylic acids is 1. The summed E-state index contributed by atoms with van der Waals surface area (Å²) >= 11 is 1.55. The molecule has 0 spiro atoms. The van der Waals surface area contributed by atoms with Gasteiger partial charge in [-0.1, -0.05) is 0 Å². The number of carbonyl (C=O) groups is 1. The first-order valence-electron chi connectivity index (χ1n) is 5.39. The molecule has 1 aromatic rings. The van der Waals surface area contributed by atoms with Gasteiger partial charge in [0.2, 0.25) is 0 Å². The molecule has 1 saturated heterocycles. The number of hydrogen-bond donors (Lipinski definition) is 1. The molecular weight excluding hydrogens is 238 g/mol. The maximum absolute atomic E-state index is 11.2. The summed E-state index contributed by atoms with van der Waals surface area (Å²) < 4.78 is 0. The largest absolute Gasteiger partial charge is 0.481 e. The molecule has 92 valence electrons. The Morgan fingerprint density at radius 2 is 2.35 bits per heavy atom. The van der Waals surface area contributed by atoms with Crippen molar-refractivity contribution in [2.24, 2.45) is 5.41 Å². The summed E-state index contributed by atoms with van der Waals surface area (Å²) in [6.07, 6.45) is 4.13. The van der Waals surface area contributed by atoms with E-state index in [2.05, 4.69) is 9.97 Å². The maximum atomic E-state index is 11.2. The van der Waals surface area contributed by atoms with Crippen LogP contribution in [0.25, 0.3) is 0 Å². The molecule has 1 aliphatic heterocycles. The first-order chi connectivity index (χ1) is 8.05. The number of hydrogen-bond acceptors (Lipinski definition) is 5. The van der Waals surface area contributed by atoms with E-state index in [-0.39, 0.29) is 0 Å². The molecule has 6 heteroatoms. The Balaban J connectivity index is 2.17. The normalized spacial score (nSPS) is 24.0. The number of carboxylic acid groups (broad SMARTS) is 1. The summed E-state index contributed by atoms with van der Waals surface area (Å²) in [5.74, 6) is 0.0773. The van der Waals surface area contributed by atoms with Gasteiger partial charge in [0.05, 0.1) is 5.41 Å². The van der Waals surface area contributed by atoms with Gasteiger partial charge in [0.15, 0.2) is 0 Å². The van der Waals surface area contributed by atoms with Crippen LogP contribution in [0, 0.1) is 5.41 Å². The lowest BCUT2D eigenvalue weighted by Gasteiger charge is -2.20. The van der Waals surface area contributed by atoms with E-state index in [4.69, 9.17) is 0 Å². The molecule has 1 fully saturated rings. The lowest BCUT2D eigenvalue weighted by molar-refractivity contribution is -0.146. The Kier molecular flexibility index (Phi) is 3.24. The van der Waals surface area contributed by atoms with Gasteiger partial charge in [-0.2, -0.15) is 0 Å². The molecule has 0 aliphatic carbocycles. The molecule has 0 amide bonds. The number of rotatable bonds is 3. The van der Waals surface area contributed by atoms with Gasteiger partial charge in [0.1, 0.15) is 17.2 Å². The molecule has 1 aromatic heterocycles. The molecule has 0 saturated carbocycles. The quantitative estimate of drug-likeness (QED) is 0.650. The van der Waals surface area contributed by atoms with Gasteiger partial charge in [-0.05, 0) is 19.6 Å². The summed E-state index contributed by atoms with van der Waals surface area (Å²) in [6.45, 7) is 3.02. The van der Waals surface area contributed by atoms with Crippen molar-refractivity contribution in [1.29, 1.82) is 0 Å². The van der Waals surface area contributed by atoms with Gasteiger partial charge in [0, 0.05) is 19.2 Å². The molecule has 1 unspecified atom stereocenters. The van der Waals surface area contributed by atoms with E-state index < -0.39 is 11.4 Å². The van der Waals surface area contributed by atoms with Crippen LogP contribution in [0.1, 0.15) is 13.3 Å². The minimum atomic E-state index is -0.737. The Labute approximate surface area is 104 Å². The summed E-state index contributed by atoms with van der Waals surface area (Å²) in [5, 5.41) is 10.1. The highest BCUT2D eigenvalue weighted by Gasteiger charge is 2.40. The first-order valence-corrected chi connectivity index (χ1v) is 6.62. The number of aromatic nitrogens is 2. The van der Waals surface area contributed by atoms with Crippen molar-refractivity contribution >= 4 is 23.5 Å². The van der Waals surface area contributed by atoms with Crippen molar-refractivity contribution in [3.8, 4) is 0 Å². The monoisotopic (exact) mass is 253 g/mol. The van der Waals surface area contributed by atoms with Crippen molar-refractivity contribution in [2.75, 3.05) is 24.2 Å². The molecule has 0 radical (unpaired) electrons. The summed E-state index contributed by atoms with van der Waals surface area (Å²) in [5.41, 5.74) is -0.662. The zero-order valence-corrected chi connectivity index (χ0v) is 10.7. The minimum Gasteiger partial charge on any atom is -0.481 e. The number of aliphatic carboxylic acids is 1. The van der Waals surface area contributed by atoms with Gasteiger partial charge in [-0.25, -0.2) is 9.97 Å². The van der Waals surface area contributed by atoms with Crippen LogP contribution < -0.4 is 4.90 Å². The average molecular weight is 253 g/mol. The van der Waals surface area contributed by atoms with Crippen LogP contribution in [0.4, 0.5) is 5.82 Å². The Morgan fingerprint density at radius 1 is 1.59 bits per heavy atom. The van der Waals surface area contributed by atoms with Crippen LogP contribution in [0.15, 0.2) is 17.4 Å². The Bertz CT molecular complexity index is 440. The first kappa shape index (κ1) is 12.2. The van der Waals surface area contributed by atoms with Gasteiger partial charge in [-0.3, -0.25) is 4.79 Å². The Hall–Kier alpha value is -1.30. The predicted molar refractivity (Wildman–Crippen MR) is 66.4 cm³/mol. The predicted octanol–water partition coefficient (Wildman–Crippen LogP) is 1.50. The highest BCUT2D eigenvalue weighted by molar-refractivity contribution is 7.98. The third-order valence-corrected chi connectivity index (χ3v) is 3.79. The van der Waals surface area contributed by atoms with Crippen molar-refractivity contribution in [2.45, 2.75) is 18.4 Å². The second-order valence-electron chi connectivity index (χ2n) is 4.46. The van der Waals surface area contributed by atoms with Gasteiger partial charge >= 0.3 is 5.97 Å². The van der Waals surface area contributed by atoms with Crippen LogP contribution in [0.2, 0.25) is 0 Å². The Morgan fingerprint density at radius 3 is 2.94 bits per heavy atom. The highest BCUT2D eigenvalue weighted by Crippen LogP contribution is 2.33. The van der Waals surface area contributed by atoms with Crippen LogP contribution in [-0.2, 0) is 4.79 Å². The average Bonchev–Trinajstić information content (AvgIpc) is 2.74. The number of anilines is 1. The van der Waals surface area contributed by atoms with Crippen LogP contribution in [0.3, 0.4) is 0 Å². The van der Waals surface area contributed by atoms with Crippen molar-refractivity contribution in [3.05, 3.63) is 12.4 Å². The van der Waals surface area contributed by atoms with Gasteiger partial charge in [-0.15, -0.1) is 11.8 Å². The second kappa shape index (κ2) is 4.52. The molecule has 17 heavy (non-hydrogen) atoms. The van der Waals surface area contributed by atoms with E-state index in [9.17, 15) is 9.90 Å². The highest BCUT2D eigenvalue weighted by atomic mass is 32.2. The molecular formula is C11H15N3O2S. The fourth-order valence-electron chi connectivity index (χ4n) is 1.95. The van der Waals surface area contributed by atoms with E-state index in [1.54, 1.807) is 18.7 Å². The SMILES string of the molecule is CSc1cc(N2CCC(C)(C(=O)O)C2)ncn1. The molecule has 1 atom stereocenters. The van der Waals surface area contributed by atoms with Crippen molar-refractivity contribution in [1.82, 2.24) is 9.97 Å². The zero-order chi connectivity index (χ0) is 12.5. The van der Waals surface area contributed by atoms with Crippen LogP contribution in [0.5, 0.6) is 0 Å². The molecule has 5 nitrogen and oxygen atoms in total. The lowest BCUT2D eigenvalue weighted by Crippen LogP contribution is -2.32. The fraction of sp³-hybridized carbons (Fsp3) is 0.545. The van der Waals surface area contributed by atoms with Crippen LogP contribution >= 0.6 is 11.8 Å². The number of nitrogens with zero attached hydrogens (tertiary/aromatic N) is 3. The molecule has 0 bridgehead atoms. The molecule has 1 aliphatic rings. The van der Waals surface area contributed by atoms with Gasteiger partial charge < -0.3 is 10.0 Å². The zero-order valence-electron chi connectivity index (χ0n) is 9.88. The fourth-order valence-corrected chi connectivity index (χ4v) is 2.32. The number of thioether (sulfide) groups is 1. The van der Waals surface area contributed by atoms with Crippen molar-refractivity contribution in [3.63, 3.8) is 0 Å². The smallest absolute Gasteiger partial charge is 0.311 e. The molecule has 1 N–H and O–H groups in total. The summed E-state index contributed by atoms with van der Waals surface area (Å²) in [6, 6.07) is 1.90. The van der Waals surface area contributed by atoms with E-state index in [0.717, 1.165) is 17.4 Å². The lowest BCUT2D eigenvalue weighted by atomic mass is 9.90.